The van der Waals surface area contributed by atoms with Crippen LogP contribution in [0.5, 0.6) is 0 Å². The second-order valence-electron chi connectivity index (χ2n) is 3.84. The van der Waals surface area contributed by atoms with Gasteiger partial charge in [-0.1, -0.05) is 39.0 Å². The second kappa shape index (κ2) is 6.37. The molecule has 0 aromatic rings. The van der Waals surface area contributed by atoms with E-state index in [9.17, 15) is 22.0 Å². The van der Waals surface area contributed by atoms with Crippen molar-refractivity contribution >= 4 is 0 Å². The van der Waals surface area contributed by atoms with Crippen LogP contribution in [-0.4, -0.2) is 23.3 Å². The van der Waals surface area contributed by atoms with Crippen molar-refractivity contribution in [3.63, 3.8) is 0 Å². The predicted molar refractivity (Wildman–Crippen MR) is 50.4 cm³/mol. The molecule has 1 unspecified atom stereocenters. The molecule has 0 rings (SSSR count). The molecular formula is C10H17F5O. The molecule has 98 valence electrons. The maximum Gasteiger partial charge on any atom is 0.456 e. The molecule has 0 fully saturated rings. The first-order valence-corrected chi connectivity index (χ1v) is 5.36. The van der Waals surface area contributed by atoms with E-state index in [-0.39, 0.29) is 6.42 Å². The molecule has 0 saturated heterocycles. The minimum atomic E-state index is -5.67. The molecule has 0 aromatic heterocycles. The fourth-order valence-electron chi connectivity index (χ4n) is 1.31. The maximum atomic E-state index is 12.5. The van der Waals surface area contributed by atoms with Gasteiger partial charge in [0, 0.05) is 0 Å². The minimum Gasteiger partial charge on any atom is -0.386 e. The summed E-state index contributed by atoms with van der Waals surface area (Å²) in [7, 11) is 0. The molecule has 0 aromatic carbocycles. The molecule has 0 bridgehead atoms. The van der Waals surface area contributed by atoms with Crippen LogP contribution >= 0.6 is 0 Å². The van der Waals surface area contributed by atoms with Gasteiger partial charge in [0.25, 0.3) is 0 Å². The molecule has 16 heavy (non-hydrogen) atoms. The van der Waals surface area contributed by atoms with Gasteiger partial charge in [0.05, 0.1) is 0 Å². The minimum absolute atomic E-state index is 0.187. The molecule has 0 radical (unpaired) electrons. The number of aliphatic hydroxyl groups is 1. The van der Waals surface area contributed by atoms with E-state index >= 15 is 0 Å². The van der Waals surface area contributed by atoms with Gasteiger partial charge < -0.3 is 5.11 Å². The summed E-state index contributed by atoms with van der Waals surface area (Å²) in [5, 5.41) is 8.80. The monoisotopic (exact) mass is 248 g/mol. The maximum absolute atomic E-state index is 12.5. The average molecular weight is 248 g/mol. The third-order valence-corrected chi connectivity index (χ3v) is 2.38. The Morgan fingerprint density at radius 2 is 1.44 bits per heavy atom. The second-order valence-corrected chi connectivity index (χ2v) is 3.84. The number of hydrogen-bond acceptors (Lipinski definition) is 1. The molecule has 0 saturated carbocycles. The fraction of sp³-hybridized carbons (Fsp3) is 1.00. The summed E-state index contributed by atoms with van der Waals surface area (Å²) in [4.78, 5) is 0. The number of alkyl halides is 5. The lowest BCUT2D eigenvalue weighted by atomic mass is 10.0. The Morgan fingerprint density at radius 3 is 1.88 bits per heavy atom. The van der Waals surface area contributed by atoms with Crippen LogP contribution in [0.25, 0.3) is 0 Å². The van der Waals surface area contributed by atoms with E-state index in [1.54, 1.807) is 0 Å². The van der Waals surface area contributed by atoms with Crippen LogP contribution in [0.3, 0.4) is 0 Å². The van der Waals surface area contributed by atoms with Crippen LogP contribution in [0.2, 0.25) is 0 Å². The normalized spacial score (nSPS) is 15.2. The van der Waals surface area contributed by atoms with Gasteiger partial charge in [-0.2, -0.15) is 22.0 Å². The summed E-state index contributed by atoms with van der Waals surface area (Å²) in [5.41, 5.74) is 0. The lowest BCUT2D eigenvalue weighted by Crippen LogP contribution is -2.46. The van der Waals surface area contributed by atoms with Gasteiger partial charge in [0.1, 0.15) is 6.10 Å². The van der Waals surface area contributed by atoms with Gasteiger partial charge in [-0.3, -0.25) is 0 Å². The van der Waals surface area contributed by atoms with E-state index in [1.807, 2.05) is 6.92 Å². The smallest absolute Gasteiger partial charge is 0.386 e. The van der Waals surface area contributed by atoms with Crippen LogP contribution < -0.4 is 0 Å². The summed E-state index contributed by atoms with van der Waals surface area (Å²) in [6, 6.07) is 0. The number of rotatable bonds is 7. The molecule has 1 nitrogen and oxygen atoms in total. The Morgan fingerprint density at radius 1 is 0.938 bits per heavy atom. The van der Waals surface area contributed by atoms with Gasteiger partial charge in [-0.15, -0.1) is 0 Å². The Labute approximate surface area is 91.6 Å². The van der Waals surface area contributed by atoms with Crippen molar-refractivity contribution in [2.24, 2.45) is 0 Å². The third kappa shape index (κ3) is 4.63. The van der Waals surface area contributed by atoms with Gasteiger partial charge in [0.15, 0.2) is 0 Å². The van der Waals surface area contributed by atoms with Crippen molar-refractivity contribution in [1.29, 1.82) is 0 Å². The largest absolute Gasteiger partial charge is 0.456 e. The Kier molecular flexibility index (Phi) is 6.22. The summed E-state index contributed by atoms with van der Waals surface area (Å²) in [5.74, 6) is -5.00. The van der Waals surface area contributed by atoms with E-state index in [0.29, 0.717) is 6.42 Å². The van der Waals surface area contributed by atoms with Crippen LogP contribution in [-0.2, 0) is 0 Å². The first kappa shape index (κ1) is 15.6. The van der Waals surface area contributed by atoms with Crippen LogP contribution in [0.1, 0.15) is 45.4 Å². The quantitative estimate of drug-likeness (QED) is 0.535. The van der Waals surface area contributed by atoms with E-state index in [2.05, 4.69) is 0 Å². The average Bonchev–Trinajstić information content (AvgIpc) is 2.15. The highest BCUT2D eigenvalue weighted by atomic mass is 19.4. The Balaban J connectivity index is 3.92. The Hall–Kier alpha value is -0.390. The molecule has 0 aliphatic carbocycles. The van der Waals surface area contributed by atoms with Gasteiger partial charge in [0.2, 0.25) is 0 Å². The summed E-state index contributed by atoms with van der Waals surface area (Å²) in [6.07, 6.45) is -5.39. The molecule has 1 N–H and O–H groups in total. The number of unbranched alkanes of at least 4 members (excludes halogenated alkanes) is 4. The van der Waals surface area contributed by atoms with E-state index < -0.39 is 24.6 Å². The van der Waals surface area contributed by atoms with Crippen molar-refractivity contribution < 1.29 is 27.1 Å². The molecular weight excluding hydrogens is 231 g/mol. The summed E-state index contributed by atoms with van der Waals surface area (Å²) in [6.45, 7) is 1.96. The van der Waals surface area contributed by atoms with Crippen molar-refractivity contribution in [1.82, 2.24) is 0 Å². The molecule has 0 aliphatic heterocycles. The third-order valence-electron chi connectivity index (χ3n) is 2.38. The standard InChI is InChI=1S/C10H17F5O/c1-2-3-4-5-6-7-8(16)9(11,12)10(13,14)15/h8,16H,2-7H2,1H3. The van der Waals surface area contributed by atoms with Crippen LogP contribution in [0.4, 0.5) is 22.0 Å². The SMILES string of the molecule is CCCCCCCC(O)C(F)(F)C(F)(F)F. The first-order chi connectivity index (χ1) is 7.23. The van der Waals surface area contributed by atoms with Crippen molar-refractivity contribution in [3.8, 4) is 0 Å². The van der Waals surface area contributed by atoms with E-state index in [4.69, 9.17) is 5.11 Å². The summed E-state index contributed by atoms with van der Waals surface area (Å²) >= 11 is 0. The highest BCUT2D eigenvalue weighted by molar-refractivity contribution is 4.83. The van der Waals surface area contributed by atoms with Crippen molar-refractivity contribution in [2.75, 3.05) is 0 Å². The molecule has 0 amide bonds. The van der Waals surface area contributed by atoms with Crippen molar-refractivity contribution in [2.45, 2.75) is 63.7 Å². The topological polar surface area (TPSA) is 20.2 Å². The highest BCUT2D eigenvalue weighted by Crippen LogP contribution is 2.39. The van der Waals surface area contributed by atoms with Gasteiger partial charge >= 0.3 is 12.1 Å². The number of halogens is 5. The number of aliphatic hydroxyl groups excluding tert-OH is 1. The van der Waals surface area contributed by atoms with E-state index in [1.165, 1.54) is 0 Å². The van der Waals surface area contributed by atoms with Crippen LogP contribution in [0.15, 0.2) is 0 Å². The summed E-state index contributed by atoms with van der Waals surface area (Å²) < 4.78 is 60.5. The molecule has 0 aliphatic rings. The first-order valence-electron chi connectivity index (χ1n) is 5.36. The van der Waals surface area contributed by atoms with Crippen LogP contribution in [0, 0.1) is 0 Å². The molecule has 0 spiro atoms. The van der Waals surface area contributed by atoms with Crippen molar-refractivity contribution in [3.05, 3.63) is 0 Å². The fourth-order valence-corrected chi connectivity index (χ4v) is 1.31. The lowest BCUT2D eigenvalue weighted by Gasteiger charge is -2.24. The van der Waals surface area contributed by atoms with E-state index in [0.717, 1.165) is 19.3 Å². The van der Waals surface area contributed by atoms with Gasteiger partial charge in [-0.05, 0) is 6.42 Å². The molecule has 0 heterocycles. The zero-order valence-corrected chi connectivity index (χ0v) is 9.16. The predicted octanol–water partition coefficient (Wildman–Crippen LogP) is 3.91. The Bertz CT molecular complexity index is 190. The van der Waals surface area contributed by atoms with Gasteiger partial charge in [-0.25, -0.2) is 0 Å². The lowest BCUT2D eigenvalue weighted by molar-refractivity contribution is -0.313. The molecule has 1 atom stereocenters. The highest BCUT2D eigenvalue weighted by Gasteiger charge is 2.61. The zero-order valence-electron chi connectivity index (χ0n) is 9.16. The molecule has 6 heteroatoms. The zero-order chi connectivity index (χ0) is 12.8. The number of hydrogen-bond donors (Lipinski definition) is 1.